The fourth-order valence-electron chi connectivity index (χ4n) is 0.530. The molecule has 0 aromatic heterocycles. The summed E-state index contributed by atoms with van der Waals surface area (Å²) in [4.78, 5) is 0. The topological polar surface area (TPSA) is 49.9 Å². The predicted octanol–water partition coefficient (Wildman–Crippen LogP) is 1.30. The first-order chi connectivity index (χ1) is 4.22. The maximum absolute atomic E-state index is 7.01. The third-order valence-electron chi connectivity index (χ3n) is 1.10. The fourth-order valence-corrected chi connectivity index (χ4v) is 0.530. The molecule has 0 spiro atoms. The maximum Gasteiger partial charge on any atom is 0.0978 e. The average Bonchev–Trinajstić information content (AvgIpc) is 1.82. The number of hydrogen-bond acceptors (Lipinski definition) is 1. The highest BCUT2D eigenvalue weighted by atomic mass is 14.7. The highest BCUT2D eigenvalue weighted by Crippen LogP contribution is 2.02. The lowest BCUT2D eigenvalue weighted by atomic mass is 10.1. The van der Waals surface area contributed by atoms with E-state index in [1.54, 1.807) is 12.2 Å². The Balaban J connectivity index is 3.81. The number of nitrogens with one attached hydrogen (secondary N) is 1. The van der Waals surface area contributed by atoms with Crippen LogP contribution in [-0.2, 0) is 0 Å². The van der Waals surface area contributed by atoms with Crippen molar-refractivity contribution in [2.45, 2.75) is 6.42 Å². The molecule has 0 rings (SSSR count). The molecule has 0 aromatic carbocycles. The molecular weight excluding hydrogens is 112 g/mol. The van der Waals surface area contributed by atoms with Gasteiger partial charge in [0.25, 0.3) is 0 Å². The molecule has 0 amide bonds. The van der Waals surface area contributed by atoms with Crippen LogP contribution in [0.3, 0.4) is 0 Å². The van der Waals surface area contributed by atoms with E-state index in [4.69, 9.17) is 11.1 Å². The van der Waals surface area contributed by atoms with Crippen molar-refractivity contribution in [1.82, 2.24) is 0 Å². The minimum atomic E-state index is -0.0255. The van der Waals surface area contributed by atoms with Crippen LogP contribution >= 0.6 is 0 Å². The number of rotatable bonds is 4. The number of hydrogen-bond donors (Lipinski definition) is 2. The van der Waals surface area contributed by atoms with E-state index in [9.17, 15) is 0 Å². The quantitative estimate of drug-likeness (QED) is 0.331. The Morgan fingerprint density at radius 2 is 2.22 bits per heavy atom. The van der Waals surface area contributed by atoms with E-state index in [0.29, 0.717) is 6.42 Å². The largest absolute Gasteiger partial charge is 0.387 e. The summed E-state index contributed by atoms with van der Waals surface area (Å²) in [5, 5.41) is 7.01. The second-order valence-electron chi connectivity index (χ2n) is 1.82. The van der Waals surface area contributed by atoms with E-state index in [2.05, 4.69) is 13.2 Å². The molecule has 9 heavy (non-hydrogen) atoms. The van der Waals surface area contributed by atoms with Crippen LogP contribution in [0.4, 0.5) is 0 Å². The highest BCUT2D eigenvalue weighted by molar-refractivity contribution is 5.81. The minimum Gasteiger partial charge on any atom is -0.387 e. The molecule has 2 nitrogen and oxygen atoms in total. The van der Waals surface area contributed by atoms with Crippen molar-refractivity contribution in [2.24, 2.45) is 11.7 Å². The van der Waals surface area contributed by atoms with E-state index < -0.39 is 0 Å². The van der Waals surface area contributed by atoms with Crippen molar-refractivity contribution in [3.8, 4) is 0 Å². The standard InChI is InChI=1S/C7H12N2/c1-3-5-6(4-2)7(8)9/h3-4,6H,1-2,5H2,(H3,8,9). The van der Waals surface area contributed by atoms with Gasteiger partial charge >= 0.3 is 0 Å². The monoisotopic (exact) mass is 124 g/mol. The van der Waals surface area contributed by atoms with Gasteiger partial charge in [0.15, 0.2) is 0 Å². The van der Waals surface area contributed by atoms with Gasteiger partial charge in [0.2, 0.25) is 0 Å². The minimum absolute atomic E-state index is 0.0255. The molecule has 0 heterocycles. The first kappa shape index (κ1) is 7.95. The van der Waals surface area contributed by atoms with Gasteiger partial charge < -0.3 is 5.73 Å². The summed E-state index contributed by atoms with van der Waals surface area (Å²) in [6.45, 7) is 7.06. The normalized spacial score (nSPS) is 12.0. The predicted molar refractivity (Wildman–Crippen MR) is 40.4 cm³/mol. The van der Waals surface area contributed by atoms with Crippen molar-refractivity contribution in [2.75, 3.05) is 0 Å². The highest BCUT2D eigenvalue weighted by Gasteiger charge is 2.02. The smallest absolute Gasteiger partial charge is 0.0978 e. The Bertz CT molecular complexity index is 127. The van der Waals surface area contributed by atoms with Crippen LogP contribution in [0.25, 0.3) is 0 Å². The lowest BCUT2D eigenvalue weighted by Crippen LogP contribution is -2.19. The number of amidine groups is 1. The van der Waals surface area contributed by atoms with E-state index in [0.717, 1.165) is 0 Å². The molecule has 0 fully saturated rings. The summed E-state index contributed by atoms with van der Waals surface area (Å²) in [6, 6.07) is 0. The van der Waals surface area contributed by atoms with Crippen molar-refractivity contribution in [3.63, 3.8) is 0 Å². The summed E-state index contributed by atoms with van der Waals surface area (Å²) >= 11 is 0. The molecule has 2 heteroatoms. The lowest BCUT2D eigenvalue weighted by Gasteiger charge is -2.04. The van der Waals surface area contributed by atoms with Crippen molar-refractivity contribution < 1.29 is 0 Å². The van der Waals surface area contributed by atoms with Crippen molar-refractivity contribution in [1.29, 1.82) is 5.41 Å². The van der Waals surface area contributed by atoms with E-state index in [1.807, 2.05) is 0 Å². The van der Waals surface area contributed by atoms with Crippen LogP contribution < -0.4 is 5.73 Å². The molecule has 1 atom stereocenters. The molecule has 0 saturated heterocycles. The molecule has 0 radical (unpaired) electrons. The first-order valence-electron chi connectivity index (χ1n) is 2.79. The molecule has 0 saturated carbocycles. The zero-order valence-electron chi connectivity index (χ0n) is 5.43. The molecule has 50 valence electrons. The summed E-state index contributed by atoms with van der Waals surface area (Å²) in [7, 11) is 0. The fraction of sp³-hybridized carbons (Fsp3) is 0.286. The van der Waals surface area contributed by atoms with E-state index >= 15 is 0 Å². The van der Waals surface area contributed by atoms with Crippen molar-refractivity contribution >= 4 is 5.84 Å². The van der Waals surface area contributed by atoms with Gasteiger partial charge in [0.05, 0.1) is 5.84 Å². The second kappa shape index (κ2) is 3.89. The Labute approximate surface area is 55.6 Å². The summed E-state index contributed by atoms with van der Waals surface area (Å²) < 4.78 is 0. The van der Waals surface area contributed by atoms with Gasteiger partial charge in [0.1, 0.15) is 0 Å². The zero-order chi connectivity index (χ0) is 7.28. The van der Waals surface area contributed by atoms with Gasteiger partial charge in [-0.05, 0) is 6.42 Å². The average molecular weight is 124 g/mol. The van der Waals surface area contributed by atoms with Crippen LogP contribution in [0.2, 0.25) is 0 Å². The Hall–Kier alpha value is -1.05. The van der Waals surface area contributed by atoms with Gasteiger partial charge in [-0.2, -0.15) is 0 Å². The van der Waals surface area contributed by atoms with Gasteiger partial charge in [-0.15, -0.1) is 13.2 Å². The molecule has 1 unspecified atom stereocenters. The van der Waals surface area contributed by atoms with Gasteiger partial charge in [-0.1, -0.05) is 12.2 Å². The van der Waals surface area contributed by atoms with E-state index in [-0.39, 0.29) is 11.8 Å². The second-order valence-corrected chi connectivity index (χ2v) is 1.82. The van der Waals surface area contributed by atoms with Gasteiger partial charge in [-0.3, -0.25) is 5.41 Å². The van der Waals surface area contributed by atoms with E-state index in [1.165, 1.54) is 0 Å². The molecule has 0 aromatic rings. The molecular formula is C7H12N2. The molecule has 3 N–H and O–H groups in total. The van der Waals surface area contributed by atoms with Gasteiger partial charge in [0, 0.05) is 5.92 Å². The molecule has 0 aliphatic heterocycles. The Morgan fingerprint density at radius 1 is 1.67 bits per heavy atom. The Morgan fingerprint density at radius 3 is 2.33 bits per heavy atom. The lowest BCUT2D eigenvalue weighted by molar-refractivity contribution is 0.866. The molecule has 0 bridgehead atoms. The van der Waals surface area contributed by atoms with Gasteiger partial charge in [-0.25, -0.2) is 0 Å². The van der Waals surface area contributed by atoms with Crippen LogP contribution in [0.5, 0.6) is 0 Å². The van der Waals surface area contributed by atoms with Crippen LogP contribution in [0.15, 0.2) is 25.3 Å². The van der Waals surface area contributed by atoms with Crippen molar-refractivity contribution in [3.05, 3.63) is 25.3 Å². The molecule has 0 aliphatic carbocycles. The van der Waals surface area contributed by atoms with Crippen LogP contribution in [-0.4, -0.2) is 5.84 Å². The number of allylic oxidation sites excluding steroid dienone is 1. The van der Waals surface area contributed by atoms with Crippen LogP contribution in [0, 0.1) is 11.3 Å². The summed E-state index contributed by atoms with van der Waals surface area (Å²) in [5.74, 6) is 0.132. The number of nitrogens with two attached hydrogens (primary N) is 1. The summed E-state index contributed by atoms with van der Waals surface area (Å²) in [6.07, 6.45) is 4.09. The molecule has 0 aliphatic rings. The first-order valence-corrected chi connectivity index (χ1v) is 2.79. The van der Waals surface area contributed by atoms with Crippen LogP contribution in [0.1, 0.15) is 6.42 Å². The zero-order valence-corrected chi connectivity index (χ0v) is 5.43. The maximum atomic E-state index is 7.01. The SMILES string of the molecule is C=CCC(C=C)C(=N)N. The summed E-state index contributed by atoms with van der Waals surface area (Å²) in [5.41, 5.74) is 5.20. The third-order valence-corrected chi connectivity index (χ3v) is 1.10. The third kappa shape index (κ3) is 2.69. The Kier molecular flexibility index (Phi) is 3.44.